The van der Waals surface area contributed by atoms with Crippen molar-refractivity contribution in [1.82, 2.24) is 9.38 Å². The van der Waals surface area contributed by atoms with E-state index in [2.05, 4.69) is 4.98 Å². The molecule has 0 spiro atoms. The van der Waals surface area contributed by atoms with E-state index in [-0.39, 0.29) is 5.82 Å². The molecule has 0 unspecified atom stereocenters. The molecule has 2 N–H and O–H groups in total. The number of nitrogens with zero attached hydrogens (tertiary/aromatic N) is 2. The van der Waals surface area contributed by atoms with Crippen LogP contribution < -0.4 is 5.73 Å². The molecule has 0 fully saturated rings. The molecule has 1 aromatic carbocycles. The van der Waals surface area contributed by atoms with Crippen LogP contribution in [0.1, 0.15) is 17.0 Å². The molecule has 3 rings (SSSR count). The summed E-state index contributed by atoms with van der Waals surface area (Å²) >= 11 is 0. The van der Waals surface area contributed by atoms with Crippen LogP contribution in [0, 0.1) is 12.7 Å². The molecule has 0 aliphatic carbocycles. The van der Waals surface area contributed by atoms with Crippen LogP contribution >= 0.6 is 0 Å². The van der Waals surface area contributed by atoms with Crippen LogP contribution in [0.15, 0.2) is 42.6 Å². The van der Waals surface area contributed by atoms with Gasteiger partial charge < -0.3 is 10.1 Å². The van der Waals surface area contributed by atoms with E-state index < -0.39 is 0 Å². The van der Waals surface area contributed by atoms with Crippen molar-refractivity contribution in [2.45, 2.75) is 13.3 Å². The predicted octanol–water partition coefficient (Wildman–Crippen LogP) is 2.95. The van der Waals surface area contributed by atoms with Gasteiger partial charge in [-0.2, -0.15) is 0 Å². The summed E-state index contributed by atoms with van der Waals surface area (Å²) in [6.45, 7) is 1.96. The third kappa shape index (κ3) is 2.17. The smallest absolute Gasteiger partial charge is 0.137 e. The highest BCUT2D eigenvalue weighted by molar-refractivity contribution is 5.53. The first-order valence-corrected chi connectivity index (χ1v) is 6.11. The van der Waals surface area contributed by atoms with Gasteiger partial charge in [-0.3, -0.25) is 0 Å². The molecule has 3 nitrogen and oxygen atoms in total. The van der Waals surface area contributed by atoms with Crippen molar-refractivity contribution in [1.29, 1.82) is 0 Å². The molecule has 4 heteroatoms. The van der Waals surface area contributed by atoms with Crippen LogP contribution in [-0.4, -0.2) is 9.38 Å². The van der Waals surface area contributed by atoms with E-state index in [4.69, 9.17) is 5.73 Å². The Bertz CT molecular complexity index is 729. The first-order valence-electron chi connectivity index (χ1n) is 6.11. The number of hydrogen-bond donors (Lipinski definition) is 1. The molecule has 0 aliphatic rings. The quantitative estimate of drug-likeness (QED) is 0.765. The first-order chi connectivity index (χ1) is 9.13. The van der Waals surface area contributed by atoms with Crippen molar-refractivity contribution in [3.8, 4) is 0 Å². The number of imidazole rings is 1. The second kappa shape index (κ2) is 4.39. The Hall–Kier alpha value is -2.36. The van der Waals surface area contributed by atoms with Gasteiger partial charge in [0, 0.05) is 18.3 Å². The Labute approximate surface area is 110 Å². The zero-order valence-electron chi connectivity index (χ0n) is 10.6. The zero-order valence-corrected chi connectivity index (χ0v) is 10.6. The zero-order chi connectivity index (χ0) is 13.4. The van der Waals surface area contributed by atoms with E-state index in [0.29, 0.717) is 6.42 Å². The predicted molar refractivity (Wildman–Crippen MR) is 73.5 cm³/mol. The number of nitrogens with two attached hydrogens (primary N) is 1. The average Bonchev–Trinajstić information content (AvgIpc) is 2.80. The highest BCUT2D eigenvalue weighted by atomic mass is 19.1. The van der Waals surface area contributed by atoms with Crippen LogP contribution in [0.2, 0.25) is 0 Å². The number of pyridine rings is 1. The summed E-state index contributed by atoms with van der Waals surface area (Å²) in [5.74, 6) is -0.220. The van der Waals surface area contributed by atoms with Crippen molar-refractivity contribution >= 4 is 11.3 Å². The van der Waals surface area contributed by atoms with Crippen LogP contribution in [0.25, 0.3) is 5.65 Å². The van der Waals surface area contributed by atoms with Gasteiger partial charge in [-0.15, -0.1) is 0 Å². The Balaban J connectivity index is 1.97. The summed E-state index contributed by atoms with van der Waals surface area (Å²) in [6.07, 6.45) is 2.66. The number of aromatic nitrogens is 2. The first kappa shape index (κ1) is 11.7. The SMILES string of the molecule is Cc1c(N)ccc2nc(Cc3ccc(F)cc3)cn12. The number of benzene rings is 1. The lowest BCUT2D eigenvalue weighted by atomic mass is 10.1. The van der Waals surface area contributed by atoms with Crippen molar-refractivity contribution < 1.29 is 4.39 Å². The van der Waals surface area contributed by atoms with Crippen LogP contribution in [-0.2, 0) is 6.42 Å². The summed E-state index contributed by atoms with van der Waals surface area (Å²) in [5, 5.41) is 0. The summed E-state index contributed by atoms with van der Waals surface area (Å²) in [6, 6.07) is 10.2. The molecule has 2 aromatic heterocycles. The van der Waals surface area contributed by atoms with Gasteiger partial charge in [0.2, 0.25) is 0 Å². The number of hydrogen-bond acceptors (Lipinski definition) is 2. The fourth-order valence-electron chi connectivity index (χ4n) is 2.15. The normalized spacial score (nSPS) is 11.1. The van der Waals surface area contributed by atoms with Gasteiger partial charge in [0.15, 0.2) is 0 Å². The minimum absolute atomic E-state index is 0.220. The van der Waals surface area contributed by atoms with Crippen LogP contribution in [0.5, 0.6) is 0 Å². The lowest BCUT2D eigenvalue weighted by Gasteiger charge is -2.01. The monoisotopic (exact) mass is 255 g/mol. The van der Waals surface area contributed by atoms with Crippen molar-refractivity contribution in [2.75, 3.05) is 5.73 Å². The molecular formula is C15H14FN3. The number of nitrogen functional groups attached to an aromatic ring is 1. The second-order valence-corrected chi connectivity index (χ2v) is 4.64. The van der Waals surface area contributed by atoms with Gasteiger partial charge >= 0.3 is 0 Å². The van der Waals surface area contributed by atoms with E-state index in [0.717, 1.165) is 28.3 Å². The van der Waals surface area contributed by atoms with E-state index >= 15 is 0 Å². The fourth-order valence-corrected chi connectivity index (χ4v) is 2.15. The third-order valence-corrected chi connectivity index (χ3v) is 3.27. The minimum Gasteiger partial charge on any atom is -0.397 e. The van der Waals surface area contributed by atoms with Gasteiger partial charge in [0.1, 0.15) is 11.5 Å². The maximum Gasteiger partial charge on any atom is 0.137 e. The molecule has 0 radical (unpaired) electrons. The molecule has 3 aromatic rings. The number of fused-ring (bicyclic) bond motifs is 1. The van der Waals surface area contributed by atoms with Gasteiger partial charge in [0.05, 0.1) is 11.4 Å². The Morgan fingerprint density at radius 1 is 1.16 bits per heavy atom. The summed E-state index contributed by atoms with van der Waals surface area (Å²) < 4.78 is 14.8. The molecular weight excluding hydrogens is 241 g/mol. The molecule has 0 bridgehead atoms. The van der Waals surface area contributed by atoms with Gasteiger partial charge in [-0.1, -0.05) is 12.1 Å². The fraction of sp³-hybridized carbons (Fsp3) is 0.133. The topological polar surface area (TPSA) is 43.3 Å². The standard InChI is InChI=1S/C15H14FN3/c1-10-14(17)6-7-15-18-13(9-19(10)15)8-11-2-4-12(16)5-3-11/h2-7,9H,8,17H2,1H3. The van der Waals surface area contributed by atoms with Crippen molar-refractivity contribution in [3.63, 3.8) is 0 Å². The Morgan fingerprint density at radius 2 is 1.89 bits per heavy atom. The molecule has 96 valence electrons. The third-order valence-electron chi connectivity index (χ3n) is 3.27. The van der Waals surface area contributed by atoms with E-state index in [1.54, 1.807) is 12.1 Å². The molecule has 2 heterocycles. The van der Waals surface area contributed by atoms with Gasteiger partial charge in [-0.25, -0.2) is 9.37 Å². The lowest BCUT2D eigenvalue weighted by molar-refractivity contribution is 0.627. The molecule has 0 saturated carbocycles. The van der Waals surface area contributed by atoms with E-state index in [9.17, 15) is 4.39 Å². The molecule has 0 saturated heterocycles. The summed E-state index contributed by atoms with van der Waals surface area (Å²) in [7, 11) is 0. The summed E-state index contributed by atoms with van der Waals surface area (Å²) in [5.41, 5.74) is 10.5. The highest BCUT2D eigenvalue weighted by Gasteiger charge is 2.06. The molecule has 0 atom stereocenters. The largest absolute Gasteiger partial charge is 0.397 e. The maximum absolute atomic E-state index is 12.9. The van der Waals surface area contributed by atoms with Gasteiger partial charge in [-0.05, 0) is 36.8 Å². The van der Waals surface area contributed by atoms with E-state index in [1.807, 2.05) is 29.7 Å². The number of halogens is 1. The van der Waals surface area contributed by atoms with Crippen molar-refractivity contribution in [3.05, 3.63) is 65.4 Å². The summed E-state index contributed by atoms with van der Waals surface area (Å²) in [4.78, 5) is 4.55. The lowest BCUT2D eigenvalue weighted by Crippen LogP contribution is -1.96. The van der Waals surface area contributed by atoms with Crippen LogP contribution in [0.3, 0.4) is 0 Å². The van der Waals surface area contributed by atoms with E-state index in [1.165, 1.54) is 12.1 Å². The highest BCUT2D eigenvalue weighted by Crippen LogP contribution is 2.16. The molecule has 0 aliphatic heterocycles. The molecule has 19 heavy (non-hydrogen) atoms. The second-order valence-electron chi connectivity index (χ2n) is 4.64. The average molecular weight is 255 g/mol. The number of anilines is 1. The maximum atomic E-state index is 12.9. The van der Waals surface area contributed by atoms with Crippen molar-refractivity contribution in [2.24, 2.45) is 0 Å². The Morgan fingerprint density at radius 3 is 2.63 bits per heavy atom. The molecule has 0 amide bonds. The number of aryl methyl sites for hydroxylation is 1. The van der Waals surface area contributed by atoms with Crippen LogP contribution in [0.4, 0.5) is 10.1 Å². The number of rotatable bonds is 2. The van der Waals surface area contributed by atoms with Gasteiger partial charge in [0.25, 0.3) is 0 Å². The Kier molecular flexibility index (Phi) is 2.71. The minimum atomic E-state index is -0.220.